The molecule has 0 unspecified atom stereocenters. The van der Waals surface area contributed by atoms with Crippen LogP contribution in [0.5, 0.6) is 0 Å². The molecule has 3 rings (SSSR count). The molecule has 1 aliphatic rings. The summed E-state index contributed by atoms with van der Waals surface area (Å²) in [5, 5.41) is 3.07. The van der Waals surface area contributed by atoms with Gasteiger partial charge in [-0.05, 0) is 74.6 Å². The molecule has 0 aliphatic heterocycles. The van der Waals surface area contributed by atoms with E-state index in [0.29, 0.717) is 5.69 Å². The molecular formula is C26H34BrN3O4S. The van der Waals surface area contributed by atoms with Crippen LogP contribution in [-0.4, -0.2) is 50.0 Å². The van der Waals surface area contributed by atoms with E-state index in [1.807, 2.05) is 44.2 Å². The summed E-state index contributed by atoms with van der Waals surface area (Å²) >= 11 is 3.41. The molecule has 7 nitrogen and oxygen atoms in total. The van der Waals surface area contributed by atoms with Crippen LogP contribution in [-0.2, 0) is 26.2 Å². The largest absolute Gasteiger partial charge is 0.352 e. The highest BCUT2D eigenvalue weighted by molar-refractivity contribution is 9.10. The van der Waals surface area contributed by atoms with Crippen molar-refractivity contribution in [3.05, 3.63) is 63.6 Å². The lowest BCUT2D eigenvalue weighted by molar-refractivity contribution is -0.139. The summed E-state index contributed by atoms with van der Waals surface area (Å²) < 4.78 is 27.4. The molecule has 1 saturated carbocycles. The third-order valence-corrected chi connectivity index (χ3v) is 8.26. The number of hydrogen-bond acceptors (Lipinski definition) is 4. The Morgan fingerprint density at radius 3 is 2.26 bits per heavy atom. The fraction of sp³-hybridized carbons (Fsp3) is 0.462. The van der Waals surface area contributed by atoms with Crippen LogP contribution in [0.3, 0.4) is 0 Å². The van der Waals surface area contributed by atoms with Crippen LogP contribution in [0.15, 0.2) is 46.9 Å². The zero-order chi connectivity index (χ0) is 25.8. The Labute approximate surface area is 217 Å². The van der Waals surface area contributed by atoms with Crippen molar-refractivity contribution in [2.24, 2.45) is 0 Å². The summed E-state index contributed by atoms with van der Waals surface area (Å²) in [6.07, 6.45) is 5.13. The van der Waals surface area contributed by atoms with Gasteiger partial charge >= 0.3 is 0 Å². The van der Waals surface area contributed by atoms with Crippen LogP contribution in [0, 0.1) is 13.8 Å². The van der Waals surface area contributed by atoms with Crippen molar-refractivity contribution in [3.63, 3.8) is 0 Å². The number of aryl methyl sites for hydroxylation is 2. The predicted molar refractivity (Wildman–Crippen MR) is 143 cm³/mol. The minimum atomic E-state index is -3.74. The van der Waals surface area contributed by atoms with Gasteiger partial charge in [-0.25, -0.2) is 8.42 Å². The van der Waals surface area contributed by atoms with E-state index in [-0.39, 0.29) is 25.0 Å². The second-order valence-corrected chi connectivity index (χ2v) is 12.2. The Bertz CT molecular complexity index is 1160. The predicted octanol–water partition coefficient (Wildman–Crippen LogP) is 4.31. The van der Waals surface area contributed by atoms with Crippen molar-refractivity contribution in [3.8, 4) is 0 Å². The Morgan fingerprint density at radius 2 is 1.69 bits per heavy atom. The van der Waals surface area contributed by atoms with Crippen LogP contribution in [0.2, 0.25) is 0 Å². The molecule has 2 amide bonds. The van der Waals surface area contributed by atoms with Crippen LogP contribution in [0.4, 0.5) is 5.69 Å². The normalized spacial score (nSPS) is 15.0. The average Bonchev–Trinajstić information content (AvgIpc) is 3.30. The zero-order valence-electron chi connectivity index (χ0n) is 20.8. The lowest BCUT2D eigenvalue weighted by atomic mass is 10.1. The highest BCUT2D eigenvalue weighted by Crippen LogP contribution is 2.23. The summed E-state index contributed by atoms with van der Waals surface area (Å²) in [7, 11) is -3.74. The number of rotatable bonds is 9. The number of carbonyl (C=O) groups excluding carboxylic acids is 2. The minimum Gasteiger partial charge on any atom is -0.352 e. The van der Waals surface area contributed by atoms with Crippen molar-refractivity contribution >= 4 is 43.5 Å². The van der Waals surface area contributed by atoms with Crippen molar-refractivity contribution in [2.75, 3.05) is 17.1 Å². The van der Waals surface area contributed by atoms with E-state index in [1.54, 1.807) is 19.1 Å². The van der Waals surface area contributed by atoms with Gasteiger partial charge in [0.25, 0.3) is 0 Å². The van der Waals surface area contributed by atoms with E-state index in [2.05, 4.69) is 21.2 Å². The van der Waals surface area contributed by atoms with Crippen molar-refractivity contribution in [2.45, 2.75) is 65.1 Å². The maximum absolute atomic E-state index is 13.6. The third kappa shape index (κ3) is 7.30. The van der Waals surface area contributed by atoms with Gasteiger partial charge in [-0.2, -0.15) is 0 Å². The van der Waals surface area contributed by atoms with Gasteiger partial charge < -0.3 is 10.2 Å². The number of halogens is 1. The molecule has 2 aromatic carbocycles. The van der Waals surface area contributed by atoms with Gasteiger partial charge in [0.15, 0.2) is 0 Å². The van der Waals surface area contributed by atoms with E-state index < -0.39 is 22.0 Å². The lowest BCUT2D eigenvalue weighted by Crippen LogP contribution is -2.52. The third-order valence-electron chi connectivity index (χ3n) is 6.59. The van der Waals surface area contributed by atoms with E-state index in [4.69, 9.17) is 0 Å². The number of hydrogen-bond donors (Lipinski definition) is 1. The number of nitrogens with one attached hydrogen (secondary N) is 1. The second kappa shape index (κ2) is 11.6. The summed E-state index contributed by atoms with van der Waals surface area (Å²) in [5.74, 6) is -0.662. The highest BCUT2D eigenvalue weighted by Gasteiger charge is 2.31. The monoisotopic (exact) mass is 563 g/mol. The maximum atomic E-state index is 13.6. The topological polar surface area (TPSA) is 86.8 Å². The molecule has 0 radical (unpaired) electrons. The van der Waals surface area contributed by atoms with Crippen molar-refractivity contribution in [1.29, 1.82) is 0 Å². The second-order valence-electron chi connectivity index (χ2n) is 9.35. The number of carbonyl (C=O) groups is 2. The van der Waals surface area contributed by atoms with Crippen LogP contribution >= 0.6 is 15.9 Å². The fourth-order valence-electron chi connectivity index (χ4n) is 4.26. The van der Waals surface area contributed by atoms with Crippen LogP contribution in [0.25, 0.3) is 0 Å². The highest BCUT2D eigenvalue weighted by atomic mass is 79.9. The molecule has 1 N–H and O–H groups in total. The average molecular weight is 565 g/mol. The Balaban J connectivity index is 1.88. The fourth-order valence-corrected chi connectivity index (χ4v) is 5.36. The Kier molecular flexibility index (Phi) is 8.99. The van der Waals surface area contributed by atoms with Gasteiger partial charge in [0.1, 0.15) is 12.6 Å². The molecule has 1 fully saturated rings. The number of benzene rings is 2. The van der Waals surface area contributed by atoms with Crippen LogP contribution < -0.4 is 9.62 Å². The summed E-state index contributed by atoms with van der Waals surface area (Å²) in [4.78, 5) is 28.2. The minimum absolute atomic E-state index is 0.123. The maximum Gasteiger partial charge on any atom is 0.244 e. The molecule has 0 spiro atoms. The molecule has 0 heterocycles. The lowest BCUT2D eigenvalue weighted by Gasteiger charge is -2.32. The standard InChI is InChI=1S/C26H34BrN3O4S/c1-18-9-14-24(15-19(18)2)30(35(4,33)34)17-25(31)29(16-21-10-12-22(27)13-11-21)20(3)26(32)28-23-7-5-6-8-23/h9-15,20,23H,5-8,16-17H2,1-4H3,(H,28,32)/t20-/m1/s1. The van der Waals surface area contributed by atoms with E-state index in [9.17, 15) is 18.0 Å². The Hall–Kier alpha value is -2.39. The van der Waals surface area contributed by atoms with Gasteiger partial charge in [-0.1, -0.05) is 47.0 Å². The molecule has 2 aromatic rings. The molecule has 35 heavy (non-hydrogen) atoms. The first kappa shape index (κ1) is 27.2. The summed E-state index contributed by atoms with van der Waals surface area (Å²) in [6, 6.07) is 12.2. The first-order valence-corrected chi connectivity index (χ1v) is 14.5. The molecule has 0 aromatic heterocycles. The number of sulfonamides is 1. The Morgan fingerprint density at radius 1 is 1.06 bits per heavy atom. The molecule has 0 bridgehead atoms. The summed E-state index contributed by atoms with van der Waals surface area (Å²) in [6.45, 7) is 5.34. The van der Waals surface area contributed by atoms with Gasteiger partial charge in [-0.15, -0.1) is 0 Å². The molecular weight excluding hydrogens is 530 g/mol. The SMILES string of the molecule is Cc1ccc(N(CC(=O)N(Cc2ccc(Br)cc2)[C@H](C)C(=O)NC2CCCC2)S(C)(=O)=O)cc1C. The molecule has 1 aliphatic carbocycles. The molecule has 9 heteroatoms. The van der Waals surface area contributed by atoms with Crippen molar-refractivity contribution in [1.82, 2.24) is 10.2 Å². The number of amides is 2. The van der Waals surface area contributed by atoms with Gasteiger partial charge in [-0.3, -0.25) is 13.9 Å². The van der Waals surface area contributed by atoms with Crippen molar-refractivity contribution < 1.29 is 18.0 Å². The van der Waals surface area contributed by atoms with Gasteiger partial charge in [0.2, 0.25) is 21.8 Å². The van der Waals surface area contributed by atoms with E-state index >= 15 is 0 Å². The van der Waals surface area contributed by atoms with Crippen LogP contribution in [0.1, 0.15) is 49.3 Å². The first-order chi connectivity index (χ1) is 16.5. The number of anilines is 1. The van der Waals surface area contributed by atoms with E-state index in [1.165, 1.54) is 4.90 Å². The number of nitrogens with zero attached hydrogens (tertiary/aromatic N) is 2. The molecule has 190 valence electrons. The summed E-state index contributed by atoms with van der Waals surface area (Å²) in [5.41, 5.74) is 3.23. The molecule has 0 saturated heterocycles. The van der Waals surface area contributed by atoms with Gasteiger partial charge in [0, 0.05) is 17.1 Å². The zero-order valence-corrected chi connectivity index (χ0v) is 23.2. The quantitative estimate of drug-likeness (QED) is 0.492. The van der Waals surface area contributed by atoms with Gasteiger partial charge in [0.05, 0.1) is 11.9 Å². The molecule has 1 atom stereocenters. The first-order valence-electron chi connectivity index (χ1n) is 11.8. The smallest absolute Gasteiger partial charge is 0.244 e. The van der Waals surface area contributed by atoms with E-state index in [0.717, 1.165) is 57.4 Å².